The van der Waals surface area contributed by atoms with Gasteiger partial charge in [0.1, 0.15) is 0 Å². The lowest BCUT2D eigenvalue weighted by atomic mass is 10.2. The first-order chi connectivity index (χ1) is 11.1. The lowest BCUT2D eigenvalue weighted by Crippen LogP contribution is -2.41. The summed E-state index contributed by atoms with van der Waals surface area (Å²) in [5.74, 6) is 0.477. The van der Waals surface area contributed by atoms with Gasteiger partial charge in [0.15, 0.2) is 5.96 Å². The summed E-state index contributed by atoms with van der Waals surface area (Å²) >= 11 is 5.08. The fraction of sp³-hybridized carbons (Fsp3) is 0.250. The van der Waals surface area contributed by atoms with Crippen molar-refractivity contribution in [1.29, 1.82) is 0 Å². The van der Waals surface area contributed by atoms with Crippen molar-refractivity contribution < 1.29 is 4.79 Å². The van der Waals surface area contributed by atoms with Crippen molar-refractivity contribution in [2.24, 2.45) is 4.99 Å². The third kappa shape index (κ3) is 6.78. The smallest absolute Gasteiger partial charge is 0.243 e. The molecule has 0 atom stereocenters. The van der Waals surface area contributed by atoms with Gasteiger partial charge in [-0.3, -0.25) is 9.79 Å². The van der Waals surface area contributed by atoms with Crippen LogP contribution in [-0.2, 0) is 11.3 Å². The lowest BCUT2D eigenvalue weighted by Gasteiger charge is -2.12. The van der Waals surface area contributed by atoms with E-state index in [1.54, 1.807) is 18.4 Å². The van der Waals surface area contributed by atoms with Gasteiger partial charge in [0, 0.05) is 22.1 Å². The van der Waals surface area contributed by atoms with Crippen molar-refractivity contribution in [2.45, 2.75) is 13.5 Å². The molecule has 0 spiro atoms. The molecular weight excluding hydrogens is 503 g/mol. The number of halogens is 2. The number of aliphatic imine (C=N–C) groups is 1. The van der Waals surface area contributed by atoms with E-state index in [1.165, 1.54) is 4.88 Å². The summed E-state index contributed by atoms with van der Waals surface area (Å²) in [6, 6.07) is 9.84. The second-order valence-electron chi connectivity index (χ2n) is 4.87. The normalized spacial score (nSPS) is 10.7. The SMILES string of the molecule is CN=C(NCC(=O)Nc1cc(Br)ccc1C)NCc1cccs1.I. The van der Waals surface area contributed by atoms with Crippen molar-refractivity contribution in [3.8, 4) is 0 Å². The molecule has 1 heterocycles. The van der Waals surface area contributed by atoms with Crippen LogP contribution in [0.5, 0.6) is 0 Å². The molecule has 0 fully saturated rings. The Morgan fingerprint density at radius 2 is 2.08 bits per heavy atom. The van der Waals surface area contributed by atoms with Gasteiger partial charge in [0.25, 0.3) is 0 Å². The minimum absolute atomic E-state index is 0. The first kappa shape index (κ1) is 20.9. The zero-order valence-corrected chi connectivity index (χ0v) is 18.2. The molecule has 1 aromatic carbocycles. The lowest BCUT2D eigenvalue weighted by molar-refractivity contribution is -0.115. The number of guanidine groups is 1. The first-order valence-electron chi connectivity index (χ1n) is 7.11. The van der Waals surface area contributed by atoms with Crippen LogP contribution in [0.2, 0.25) is 0 Å². The van der Waals surface area contributed by atoms with Gasteiger partial charge >= 0.3 is 0 Å². The summed E-state index contributed by atoms with van der Waals surface area (Å²) in [6.07, 6.45) is 0. The first-order valence-corrected chi connectivity index (χ1v) is 8.78. The monoisotopic (exact) mass is 522 g/mol. The molecular formula is C16H20BrIN4OS. The van der Waals surface area contributed by atoms with Crippen LogP contribution in [0.3, 0.4) is 0 Å². The highest BCUT2D eigenvalue weighted by molar-refractivity contribution is 14.0. The number of hydrogen-bond acceptors (Lipinski definition) is 3. The van der Waals surface area contributed by atoms with Crippen molar-refractivity contribution in [1.82, 2.24) is 10.6 Å². The second kappa shape index (κ2) is 10.7. The Balaban J connectivity index is 0.00000288. The van der Waals surface area contributed by atoms with E-state index < -0.39 is 0 Å². The summed E-state index contributed by atoms with van der Waals surface area (Å²) in [7, 11) is 1.68. The number of nitrogens with zero attached hydrogens (tertiary/aromatic N) is 1. The Labute approximate surface area is 171 Å². The van der Waals surface area contributed by atoms with Gasteiger partial charge in [0.05, 0.1) is 13.1 Å². The molecule has 5 nitrogen and oxygen atoms in total. The van der Waals surface area contributed by atoms with E-state index in [9.17, 15) is 4.79 Å². The molecule has 3 N–H and O–H groups in total. The fourth-order valence-corrected chi connectivity index (χ4v) is 2.90. The molecule has 8 heteroatoms. The summed E-state index contributed by atoms with van der Waals surface area (Å²) in [4.78, 5) is 17.4. The molecule has 0 saturated carbocycles. The number of nitrogens with one attached hydrogen (secondary N) is 3. The van der Waals surface area contributed by atoms with Gasteiger partial charge in [-0.1, -0.05) is 28.1 Å². The Kier molecular flexibility index (Phi) is 9.30. The van der Waals surface area contributed by atoms with E-state index in [4.69, 9.17) is 0 Å². The minimum Gasteiger partial charge on any atom is -0.352 e. The van der Waals surface area contributed by atoms with Crippen LogP contribution in [-0.4, -0.2) is 25.5 Å². The summed E-state index contributed by atoms with van der Waals surface area (Å²) in [5.41, 5.74) is 1.81. The van der Waals surface area contributed by atoms with Gasteiger partial charge in [-0.25, -0.2) is 0 Å². The highest BCUT2D eigenvalue weighted by Gasteiger charge is 2.07. The average molecular weight is 523 g/mol. The van der Waals surface area contributed by atoms with Crippen LogP contribution in [0.1, 0.15) is 10.4 Å². The van der Waals surface area contributed by atoms with Crippen molar-refractivity contribution in [2.75, 3.05) is 18.9 Å². The highest BCUT2D eigenvalue weighted by atomic mass is 127. The molecule has 130 valence electrons. The maximum Gasteiger partial charge on any atom is 0.243 e. The molecule has 0 unspecified atom stereocenters. The van der Waals surface area contributed by atoms with Gasteiger partial charge in [-0.2, -0.15) is 0 Å². The molecule has 1 aromatic heterocycles. The number of hydrogen-bond donors (Lipinski definition) is 3. The van der Waals surface area contributed by atoms with Crippen molar-refractivity contribution in [3.63, 3.8) is 0 Å². The molecule has 0 radical (unpaired) electrons. The maximum atomic E-state index is 12.1. The van der Waals surface area contributed by atoms with Crippen LogP contribution in [0, 0.1) is 6.92 Å². The number of amides is 1. The number of thiophene rings is 1. The Hall–Kier alpha value is -1.13. The van der Waals surface area contributed by atoms with Crippen LogP contribution in [0.4, 0.5) is 5.69 Å². The topological polar surface area (TPSA) is 65.5 Å². The molecule has 0 aliphatic rings. The molecule has 2 aromatic rings. The minimum atomic E-state index is -0.120. The molecule has 24 heavy (non-hydrogen) atoms. The highest BCUT2D eigenvalue weighted by Crippen LogP contribution is 2.20. The number of aryl methyl sites for hydroxylation is 1. The third-order valence-corrected chi connectivity index (χ3v) is 4.49. The molecule has 1 amide bonds. The summed E-state index contributed by atoms with van der Waals surface area (Å²) < 4.78 is 0.930. The quantitative estimate of drug-likeness (QED) is 0.318. The van der Waals surface area contributed by atoms with E-state index in [2.05, 4.69) is 36.9 Å². The van der Waals surface area contributed by atoms with Crippen LogP contribution < -0.4 is 16.0 Å². The predicted molar refractivity (Wildman–Crippen MR) is 115 cm³/mol. The number of benzene rings is 1. The second-order valence-corrected chi connectivity index (χ2v) is 6.81. The molecule has 0 bridgehead atoms. The van der Waals surface area contributed by atoms with Crippen molar-refractivity contribution >= 4 is 68.8 Å². The number of carbonyl (C=O) groups excluding carboxylic acids is 1. The molecule has 0 aliphatic carbocycles. The van der Waals surface area contributed by atoms with E-state index in [-0.39, 0.29) is 36.4 Å². The summed E-state index contributed by atoms with van der Waals surface area (Å²) in [6.45, 7) is 2.79. The van der Waals surface area contributed by atoms with Gasteiger partial charge in [0.2, 0.25) is 5.91 Å². The fourth-order valence-electron chi connectivity index (χ4n) is 1.89. The number of carbonyl (C=O) groups is 1. The van der Waals surface area contributed by atoms with Crippen molar-refractivity contribution in [3.05, 3.63) is 50.6 Å². The Bertz CT molecular complexity index is 691. The standard InChI is InChI=1S/C16H19BrN4OS.HI/c1-11-5-6-12(17)8-14(11)21-15(22)10-20-16(18-2)19-9-13-4-3-7-23-13;/h3-8H,9-10H2,1-2H3,(H,21,22)(H2,18,19,20);1H. The molecule has 0 aliphatic heterocycles. The predicted octanol–water partition coefficient (Wildman–Crippen LogP) is 3.74. The largest absolute Gasteiger partial charge is 0.352 e. The van der Waals surface area contributed by atoms with Crippen LogP contribution >= 0.6 is 51.2 Å². The van der Waals surface area contributed by atoms with E-state index in [0.29, 0.717) is 12.5 Å². The Morgan fingerprint density at radius 1 is 1.29 bits per heavy atom. The van der Waals surface area contributed by atoms with Gasteiger partial charge < -0.3 is 16.0 Å². The molecule has 0 saturated heterocycles. The van der Waals surface area contributed by atoms with Gasteiger partial charge in [-0.05, 0) is 36.1 Å². The van der Waals surface area contributed by atoms with Gasteiger partial charge in [-0.15, -0.1) is 35.3 Å². The molecule has 2 rings (SSSR count). The average Bonchev–Trinajstić information content (AvgIpc) is 3.04. The Morgan fingerprint density at radius 3 is 2.75 bits per heavy atom. The van der Waals surface area contributed by atoms with Crippen LogP contribution in [0.15, 0.2) is 45.2 Å². The van der Waals surface area contributed by atoms with E-state index >= 15 is 0 Å². The number of anilines is 1. The number of rotatable bonds is 5. The van der Waals surface area contributed by atoms with Crippen LogP contribution in [0.25, 0.3) is 0 Å². The van der Waals surface area contributed by atoms with E-state index in [0.717, 1.165) is 15.7 Å². The van der Waals surface area contributed by atoms with E-state index in [1.807, 2.05) is 42.6 Å². The summed E-state index contributed by atoms with van der Waals surface area (Å²) in [5, 5.41) is 11.1. The maximum absolute atomic E-state index is 12.1. The third-order valence-electron chi connectivity index (χ3n) is 3.12. The zero-order chi connectivity index (χ0) is 16.7. The zero-order valence-electron chi connectivity index (χ0n) is 13.4.